The summed E-state index contributed by atoms with van der Waals surface area (Å²) in [7, 11) is 2.53. The minimum Gasteiger partial charge on any atom is -0.469 e. The molecule has 1 heterocycles. The van der Waals surface area contributed by atoms with Crippen LogP contribution in [-0.4, -0.2) is 50.1 Å². The van der Waals surface area contributed by atoms with Crippen LogP contribution in [0.2, 0.25) is 0 Å². The van der Waals surface area contributed by atoms with Crippen molar-refractivity contribution in [2.45, 2.75) is 6.42 Å². The molecule has 0 saturated carbocycles. The molecule has 2 unspecified atom stereocenters. The van der Waals surface area contributed by atoms with E-state index in [1.165, 1.54) is 25.2 Å². The number of ether oxygens (including phenoxy) is 2. The Kier molecular flexibility index (Phi) is 4.88. The molecule has 0 spiro atoms. The lowest BCUT2D eigenvalue weighted by Gasteiger charge is -2.35. The van der Waals surface area contributed by atoms with Crippen LogP contribution in [0.15, 0.2) is 12.7 Å². The van der Waals surface area contributed by atoms with Crippen molar-refractivity contribution in [2.24, 2.45) is 11.8 Å². The number of esters is 2. The summed E-state index contributed by atoms with van der Waals surface area (Å²) in [5.74, 6) is -2.45. The second-order valence-electron chi connectivity index (χ2n) is 4.04. The smallest absolute Gasteiger partial charge is 0.311 e. The largest absolute Gasteiger partial charge is 0.469 e. The maximum atomic E-state index is 11.7. The van der Waals surface area contributed by atoms with Crippen LogP contribution in [-0.2, 0) is 23.9 Å². The molecule has 6 nitrogen and oxygen atoms in total. The Morgan fingerprint density at radius 2 is 1.72 bits per heavy atom. The van der Waals surface area contributed by atoms with Gasteiger partial charge >= 0.3 is 11.9 Å². The van der Waals surface area contributed by atoms with Crippen LogP contribution in [0.4, 0.5) is 0 Å². The number of carbonyl (C=O) groups excluding carboxylic acids is 3. The number of piperidine rings is 1. The summed E-state index contributed by atoms with van der Waals surface area (Å²) in [4.78, 5) is 36.2. The number of likely N-dealkylation sites (tertiary alicyclic amines) is 1. The molecule has 1 rings (SSSR count). The normalized spacial score (nSPS) is 23.1. The fraction of sp³-hybridized carbons (Fsp3) is 0.583. The topological polar surface area (TPSA) is 72.9 Å². The molecule has 2 atom stereocenters. The molecular formula is C12H17NO5. The summed E-state index contributed by atoms with van der Waals surface area (Å²) in [6, 6.07) is 0. The van der Waals surface area contributed by atoms with Crippen molar-refractivity contribution in [3.8, 4) is 0 Å². The van der Waals surface area contributed by atoms with Crippen molar-refractivity contribution in [2.75, 3.05) is 27.3 Å². The predicted molar refractivity (Wildman–Crippen MR) is 62.4 cm³/mol. The van der Waals surface area contributed by atoms with E-state index in [0.717, 1.165) is 0 Å². The molecule has 18 heavy (non-hydrogen) atoms. The SMILES string of the molecule is C=CC(=O)N1CCC(C(=O)OC)C(C(=O)OC)C1. The van der Waals surface area contributed by atoms with Gasteiger partial charge in [-0.05, 0) is 12.5 Å². The lowest BCUT2D eigenvalue weighted by atomic mass is 9.85. The van der Waals surface area contributed by atoms with E-state index in [1.807, 2.05) is 0 Å². The molecule has 0 N–H and O–H groups in total. The van der Waals surface area contributed by atoms with E-state index >= 15 is 0 Å². The van der Waals surface area contributed by atoms with Gasteiger partial charge in [0.15, 0.2) is 0 Å². The van der Waals surface area contributed by atoms with Crippen molar-refractivity contribution in [1.82, 2.24) is 4.90 Å². The number of rotatable bonds is 3. The molecule has 0 aromatic heterocycles. The van der Waals surface area contributed by atoms with Gasteiger partial charge in [0.05, 0.1) is 26.1 Å². The van der Waals surface area contributed by atoms with Crippen molar-refractivity contribution in [1.29, 1.82) is 0 Å². The predicted octanol–water partition coefficient (Wildman–Crippen LogP) is -0.0169. The molecule has 1 aliphatic rings. The maximum absolute atomic E-state index is 11.7. The molecule has 0 radical (unpaired) electrons. The first kappa shape index (κ1) is 14.2. The van der Waals surface area contributed by atoms with Crippen LogP contribution < -0.4 is 0 Å². The maximum Gasteiger partial charge on any atom is 0.311 e. The van der Waals surface area contributed by atoms with Gasteiger partial charge in [0.25, 0.3) is 0 Å². The Hall–Kier alpha value is -1.85. The summed E-state index contributed by atoms with van der Waals surface area (Å²) < 4.78 is 9.33. The molecule has 1 saturated heterocycles. The zero-order valence-corrected chi connectivity index (χ0v) is 10.5. The molecule has 0 aliphatic carbocycles. The van der Waals surface area contributed by atoms with Gasteiger partial charge in [-0.3, -0.25) is 14.4 Å². The average Bonchev–Trinajstić information content (AvgIpc) is 2.43. The highest BCUT2D eigenvalue weighted by atomic mass is 16.5. The fourth-order valence-electron chi connectivity index (χ4n) is 2.11. The van der Waals surface area contributed by atoms with Crippen LogP contribution >= 0.6 is 0 Å². The Morgan fingerprint density at radius 1 is 1.17 bits per heavy atom. The van der Waals surface area contributed by atoms with Gasteiger partial charge in [-0.2, -0.15) is 0 Å². The molecule has 6 heteroatoms. The molecule has 1 fully saturated rings. The number of nitrogens with zero attached hydrogens (tertiary/aromatic N) is 1. The Bertz CT molecular complexity index is 365. The van der Waals surface area contributed by atoms with Crippen LogP contribution in [0, 0.1) is 11.8 Å². The van der Waals surface area contributed by atoms with Gasteiger partial charge in [0.2, 0.25) is 5.91 Å². The summed E-state index contributed by atoms with van der Waals surface area (Å²) >= 11 is 0. The molecule has 0 aromatic carbocycles. The van der Waals surface area contributed by atoms with Crippen LogP contribution in [0.3, 0.4) is 0 Å². The van der Waals surface area contributed by atoms with Gasteiger partial charge in [0.1, 0.15) is 0 Å². The summed E-state index contributed by atoms with van der Waals surface area (Å²) in [6.07, 6.45) is 1.57. The van der Waals surface area contributed by atoms with E-state index < -0.39 is 23.8 Å². The molecular weight excluding hydrogens is 238 g/mol. The number of amides is 1. The highest BCUT2D eigenvalue weighted by Crippen LogP contribution is 2.26. The highest BCUT2D eigenvalue weighted by Gasteiger charge is 2.40. The van der Waals surface area contributed by atoms with Crippen LogP contribution in [0.1, 0.15) is 6.42 Å². The standard InChI is InChI=1S/C12H17NO5/c1-4-10(14)13-6-5-8(11(15)17-2)9(7-13)12(16)18-3/h4,8-9H,1,5-7H2,2-3H3. The first-order chi connectivity index (χ1) is 8.54. The van der Waals surface area contributed by atoms with Crippen LogP contribution in [0.5, 0.6) is 0 Å². The second kappa shape index (κ2) is 6.18. The zero-order chi connectivity index (χ0) is 13.7. The lowest BCUT2D eigenvalue weighted by molar-refractivity contribution is -0.162. The molecule has 1 aliphatic heterocycles. The van der Waals surface area contributed by atoms with Gasteiger partial charge in [-0.15, -0.1) is 0 Å². The van der Waals surface area contributed by atoms with E-state index in [4.69, 9.17) is 0 Å². The first-order valence-electron chi connectivity index (χ1n) is 5.62. The third kappa shape index (κ3) is 2.88. The number of hydrogen-bond acceptors (Lipinski definition) is 5. The Balaban J connectivity index is 2.85. The third-order valence-corrected chi connectivity index (χ3v) is 3.11. The molecule has 100 valence electrons. The van der Waals surface area contributed by atoms with E-state index in [1.54, 1.807) is 0 Å². The number of carbonyl (C=O) groups is 3. The molecule has 0 bridgehead atoms. The summed E-state index contributed by atoms with van der Waals surface area (Å²) in [6.45, 7) is 3.95. The van der Waals surface area contributed by atoms with Gasteiger partial charge < -0.3 is 14.4 Å². The van der Waals surface area contributed by atoms with E-state index in [-0.39, 0.29) is 12.5 Å². The van der Waals surface area contributed by atoms with E-state index in [2.05, 4.69) is 16.1 Å². The second-order valence-corrected chi connectivity index (χ2v) is 4.04. The van der Waals surface area contributed by atoms with Crippen molar-refractivity contribution in [3.63, 3.8) is 0 Å². The van der Waals surface area contributed by atoms with Crippen molar-refractivity contribution < 1.29 is 23.9 Å². The quantitative estimate of drug-likeness (QED) is 0.523. The minimum absolute atomic E-state index is 0.150. The monoisotopic (exact) mass is 255 g/mol. The molecule has 0 aromatic rings. The van der Waals surface area contributed by atoms with Crippen molar-refractivity contribution >= 4 is 17.8 Å². The van der Waals surface area contributed by atoms with Gasteiger partial charge in [-0.1, -0.05) is 6.58 Å². The third-order valence-electron chi connectivity index (χ3n) is 3.11. The molecule has 1 amide bonds. The van der Waals surface area contributed by atoms with Crippen molar-refractivity contribution in [3.05, 3.63) is 12.7 Å². The summed E-state index contributed by atoms with van der Waals surface area (Å²) in [5, 5.41) is 0. The summed E-state index contributed by atoms with van der Waals surface area (Å²) in [5.41, 5.74) is 0. The zero-order valence-electron chi connectivity index (χ0n) is 10.5. The lowest BCUT2D eigenvalue weighted by Crippen LogP contribution is -2.48. The number of hydrogen-bond donors (Lipinski definition) is 0. The highest BCUT2D eigenvalue weighted by molar-refractivity contribution is 5.88. The van der Waals surface area contributed by atoms with E-state index in [9.17, 15) is 14.4 Å². The van der Waals surface area contributed by atoms with Gasteiger partial charge in [-0.25, -0.2) is 0 Å². The Morgan fingerprint density at radius 3 is 2.22 bits per heavy atom. The average molecular weight is 255 g/mol. The van der Waals surface area contributed by atoms with E-state index in [0.29, 0.717) is 13.0 Å². The van der Waals surface area contributed by atoms with Crippen LogP contribution in [0.25, 0.3) is 0 Å². The first-order valence-corrected chi connectivity index (χ1v) is 5.62. The Labute approximate surface area is 106 Å². The fourth-order valence-corrected chi connectivity index (χ4v) is 2.11. The minimum atomic E-state index is -0.680. The van der Waals surface area contributed by atoms with Gasteiger partial charge in [0, 0.05) is 13.1 Å². The number of methoxy groups -OCH3 is 2.